The van der Waals surface area contributed by atoms with E-state index >= 15 is 0 Å². The van der Waals surface area contributed by atoms with Crippen molar-refractivity contribution in [3.8, 4) is 0 Å². The van der Waals surface area contributed by atoms with Crippen molar-refractivity contribution in [1.82, 2.24) is 10.3 Å². The lowest BCUT2D eigenvalue weighted by Gasteiger charge is -2.33. The number of aliphatic hydroxyl groups is 1. The monoisotopic (exact) mass is 284 g/mol. The number of pyridine rings is 1. The van der Waals surface area contributed by atoms with E-state index in [0.717, 1.165) is 36.5 Å². The smallest absolute Gasteiger partial charge is 0.141 e. The third-order valence-electron chi connectivity index (χ3n) is 3.62. The summed E-state index contributed by atoms with van der Waals surface area (Å²) in [7, 11) is 0. The Kier molecular flexibility index (Phi) is 5.19. The molecule has 1 aliphatic rings. The van der Waals surface area contributed by atoms with E-state index in [1.807, 2.05) is 11.8 Å². The molecule has 0 bridgehead atoms. The molecule has 2 rings (SSSR count). The Morgan fingerprint density at radius 3 is 2.79 bits per heavy atom. The molecule has 2 heterocycles. The average Bonchev–Trinajstić information content (AvgIpc) is 2.42. The first-order valence-electron chi connectivity index (χ1n) is 6.78. The second kappa shape index (κ2) is 6.68. The third kappa shape index (κ3) is 4.16. The van der Waals surface area contributed by atoms with Gasteiger partial charge in [-0.15, -0.1) is 0 Å². The highest BCUT2D eigenvalue weighted by atomic mass is 32.2. The molecule has 1 atom stereocenters. The molecule has 0 saturated carbocycles. The Bertz CT molecular complexity index is 393. The van der Waals surface area contributed by atoms with Crippen molar-refractivity contribution in [1.29, 1.82) is 0 Å². The molecule has 1 fully saturated rings. The molecule has 1 aromatic rings. The predicted molar refractivity (Wildman–Crippen MR) is 76.7 cm³/mol. The number of hydrogen-bond donors (Lipinski definition) is 2. The summed E-state index contributed by atoms with van der Waals surface area (Å²) >= 11 is 1.89. The van der Waals surface area contributed by atoms with Crippen LogP contribution in [0.2, 0.25) is 0 Å². The van der Waals surface area contributed by atoms with Crippen molar-refractivity contribution in [2.24, 2.45) is 0 Å². The fourth-order valence-electron chi connectivity index (χ4n) is 2.29. The van der Waals surface area contributed by atoms with Gasteiger partial charge in [0, 0.05) is 12.6 Å². The summed E-state index contributed by atoms with van der Waals surface area (Å²) in [6.07, 6.45) is 3.77. The summed E-state index contributed by atoms with van der Waals surface area (Å²) in [6.45, 7) is 2.63. The van der Waals surface area contributed by atoms with Crippen LogP contribution in [0.15, 0.2) is 18.3 Å². The Labute approximate surface area is 118 Å². The SMILES string of the molecule is CCC(NCC1(O)CCSCC1)c1ccc(F)cn1. The van der Waals surface area contributed by atoms with Crippen molar-refractivity contribution in [3.63, 3.8) is 0 Å². The minimum absolute atomic E-state index is 0.0687. The Morgan fingerprint density at radius 1 is 1.47 bits per heavy atom. The van der Waals surface area contributed by atoms with E-state index in [-0.39, 0.29) is 11.9 Å². The summed E-state index contributed by atoms with van der Waals surface area (Å²) in [4.78, 5) is 4.11. The summed E-state index contributed by atoms with van der Waals surface area (Å²) in [6, 6.07) is 3.20. The van der Waals surface area contributed by atoms with Crippen LogP contribution in [-0.2, 0) is 0 Å². The van der Waals surface area contributed by atoms with Gasteiger partial charge in [-0.3, -0.25) is 4.98 Å². The van der Waals surface area contributed by atoms with E-state index < -0.39 is 5.60 Å². The van der Waals surface area contributed by atoms with Crippen LogP contribution in [0.5, 0.6) is 0 Å². The van der Waals surface area contributed by atoms with E-state index in [1.54, 1.807) is 6.07 Å². The van der Waals surface area contributed by atoms with E-state index in [0.29, 0.717) is 6.54 Å². The van der Waals surface area contributed by atoms with E-state index in [4.69, 9.17) is 0 Å². The van der Waals surface area contributed by atoms with Gasteiger partial charge in [-0.05, 0) is 42.9 Å². The van der Waals surface area contributed by atoms with Gasteiger partial charge < -0.3 is 10.4 Å². The second-order valence-electron chi connectivity index (χ2n) is 5.08. The fourth-order valence-corrected chi connectivity index (χ4v) is 3.55. The molecular formula is C14H21FN2OS. The van der Waals surface area contributed by atoms with Gasteiger partial charge in [0.1, 0.15) is 5.82 Å². The zero-order chi connectivity index (χ0) is 13.7. The minimum Gasteiger partial charge on any atom is -0.389 e. The average molecular weight is 284 g/mol. The summed E-state index contributed by atoms with van der Waals surface area (Å²) < 4.78 is 12.9. The number of aromatic nitrogens is 1. The molecule has 5 heteroatoms. The maximum atomic E-state index is 12.9. The van der Waals surface area contributed by atoms with Crippen LogP contribution >= 0.6 is 11.8 Å². The van der Waals surface area contributed by atoms with Crippen LogP contribution < -0.4 is 5.32 Å². The van der Waals surface area contributed by atoms with Crippen molar-refractivity contribution < 1.29 is 9.50 Å². The zero-order valence-electron chi connectivity index (χ0n) is 11.2. The van der Waals surface area contributed by atoms with Crippen molar-refractivity contribution >= 4 is 11.8 Å². The summed E-state index contributed by atoms with van der Waals surface area (Å²) in [5.74, 6) is 1.72. The molecule has 1 saturated heterocycles. The summed E-state index contributed by atoms with van der Waals surface area (Å²) in [5, 5.41) is 13.8. The van der Waals surface area contributed by atoms with Crippen LogP contribution in [0.3, 0.4) is 0 Å². The van der Waals surface area contributed by atoms with Crippen LogP contribution in [0, 0.1) is 5.82 Å². The molecule has 0 amide bonds. The number of nitrogens with one attached hydrogen (secondary N) is 1. The van der Waals surface area contributed by atoms with E-state index in [1.165, 1.54) is 12.3 Å². The van der Waals surface area contributed by atoms with E-state index in [9.17, 15) is 9.50 Å². The maximum Gasteiger partial charge on any atom is 0.141 e. The third-order valence-corrected chi connectivity index (χ3v) is 4.60. The topological polar surface area (TPSA) is 45.1 Å². The molecule has 1 unspecified atom stereocenters. The lowest BCUT2D eigenvalue weighted by Crippen LogP contribution is -2.44. The van der Waals surface area contributed by atoms with Crippen molar-refractivity contribution in [3.05, 3.63) is 29.8 Å². The largest absolute Gasteiger partial charge is 0.389 e. The molecule has 1 aliphatic heterocycles. The van der Waals surface area contributed by atoms with Gasteiger partial charge in [0.25, 0.3) is 0 Å². The quantitative estimate of drug-likeness (QED) is 0.872. The Balaban J connectivity index is 1.93. The molecule has 1 aromatic heterocycles. The number of nitrogens with zero attached hydrogens (tertiary/aromatic N) is 1. The lowest BCUT2D eigenvalue weighted by molar-refractivity contribution is 0.0293. The van der Waals surface area contributed by atoms with Gasteiger partial charge in [-0.2, -0.15) is 11.8 Å². The molecule has 106 valence electrons. The molecule has 19 heavy (non-hydrogen) atoms. The van der Waals surface area contributed by atoms with Gasteiger partial charge in [0.15, 0.2) is 0 Å². The highest BCUT2D eigenvalue weighted by Gasteiger charge is 2.30. The standard InChI is InChI=1S/C14H21FN2OS/c1-2-12(13-4-3-11(15)9-16-13)17-10-14(18)5-7-19-8-6-14/h3-4,9,12,17-18H,2,5-8,10H2,1H3. The van der Waals surface area contributed by atoms with Gasteiger partial charge in [0.05, 0.1) is 17.5 Å². The molecule has 0 aliphatic carbocycles. The van der Waals surface area contributed by atoms with Crippen molar-refractivity contribution in [2.75, 3.05) is 18.1 Å². The van der Waals surface area contributed by atoms with Gasteiger partial charge in [0.2, 0.25) is 0 Å². The van der Waals surface area contributed by atoms with Crippen LogP contribution in [0.25, 0.3) is 0 Å². The van der Waals surface area contributed by atoms with Gasteiger partial charge in [-0.25, -0.2) is 4.39 Å². The molecule has 0 aromatic carbocycles. The fraction of sp³-hybridized carbons (Fsp3) is 0.643. The predicted octanol–water partition coefficient (Wildman–Crippen LogP) is 2.52. The van der Waals surface area contributed by atoms with Crippen LogP contribution in [0.4, 0.5) is 4.39 Å². The first-order chi connectivity index (χ1) is 9.13. The van der Waals surface area contributed by atoms with Crippen molar-refractivity contribution in [2.45, 2.75) is 37.8 Å². The maximum absolute atomic E-state index is 12.9. The number of rotatable bonds is 5. The minimum atomic E-state index is -0.599. The van der Waals surface area contributed by atoms with E-state index in [2.05, 4.69) is 17.2 Å². The number of halogens is 1. The van der Waals surface area contributed by atoms with Crippen LogP contribution in [-0.4, -0.2) is 33.7 Å². The zero-order valence-corrected chi connectivity index (χ0v) is 12.0. The number of thioether (sulfide) groups is 1. The molecular weight excluding hydrogens is 263 g/mol. The second-order valence-corrected chi connectivity index (χ2v) is 6.30. The van der Waals surface area contributed by atoms with Gasteiger partial charge in [-0.1, -0.05) is 6.92 Å². The summed E-state index contributed by atoms with van der Waals surface area (Å²) in [5.41, 5.74) is 0.233. The normalized spacial score (nSPS) is 20.2. The molecule has 3 nitrogen and oxygen atoms in total. The first-order valence-corrected chi connectivity index (χ1v) is 7.93. The van der Waals surface area contributed by atoms with Crippen LogP contribution in [0.1, 0.15) is 37.9 Å². The molecule has 2 N–H and O–H groups in total. The lowest BCUT2D eigenvalue weighted by atomic mass is 9.96. The Hall–Kier alpha value is -0.650. The highest BCUT2D eigenvalue weighted by molar-refractivity contribution is 7.99. The van der Waals surface area contributed by atoms with Gasteiger partial charge >= 0.3 is 0 Å². The number of hydrogen-bond acceptors (Lipinski definition) is 4. The highest BCUT2D eigenvalue weighted by Crippen LogP contribution is 2.27. The Morgan fingerprint density at radius 2 is 2.21 bits per heavy atom. The molecule has 0 spiro atoms. The molecule has 0 radical (unpaired) electrons. The first kappa shape index (κ1) is 14.8.